The van der Waals surface area contributed by atoms with E-state index in [-0.39, 0.29) is 18.3 Å². The molecule has 2 aliphatic carbocycles. The molecule has 33 heavy (non-hydrogen) atoms. The standard InChI is InChI=1S/C27H39NO5/c1-27(11-14-32-15-12-27)25(29)18-21(26(30)31)10-13-33-23-16-19(17-23)6-8-22-9-7-20-4-2-3-5-24(20)28-22/h7,9,19,21,23H,2-6,8,10-18H2,1H3,(H,30,31). The van der Waals surface area contributed by atoms with Crippen molar-refractivity contribution in [1.82, 2.24) is 4.98 Å². The van der Waals surface area contributed by atoms with Gasteiger partial charge in [0, 0.05) is 43.0 Å². The number of hydrogen-bond acceptors (Lipinski definition) is 5. The van der Waals surface area contributed by atoms with E-state index in [4.69, 9.17) is 14.5 Å². The Morgan fingerprint density at radius 2 is 1.97 bits per heavy atom. The first kappa shape index (κ1) is 24.3. The zero-order chi connectivity index (χ0) is 23.3. The Morgan fingerprint density at radius 3 is 2.73 bits per heavy atom. The molecule has 2 fully saturated rings. The average Bonchev–Trinajstić information content (AvgIpc) is 2.79. The highest BCUT2D eigenvalue weighted by Crippen LogP contribution is 2.35. The molecular weight excluding hydrogens is 418 g/mol. The van der Waals surface area contributed by atoms with Gasteiger partial charge in [-0.1, -0.05) is 13.0 Å². The van der Waals surface area contributed by atoms with Gasteiger partial charge in [0.2, 0.25) is 0 Å². The summed E-state index contributed by atoms with van der Waals surface area (Å²) in [5.41, 5.74) is 3.52. The first-order valence-corrected chi connectivity index (χ1v) is 12.9. The first-order valence-electron chi connectivity index (χ1n) is 12.9. The van der Waals surface area contributed by atoms with Crippen LogP contribution >= 0.6 is 0 Å². The third-order valence-corrected chi connectivity index (χ3v) is 8.11. The molecule has 0 bridgehead atoms. The Balaban J connectivity index is 1.13. The lowest BCUT2D eigenvalue weighted by atomic mass is 9.75. The number of rotatable bonds is 11. The number of hydrogen-bond donors (Lipinski definition) is 1. The van der Waals surface area contributed by atoms with Crippen molar-refractivity contribution >= 4 is 11.8 Å². The Kier molecular flexibility index (Phi) is 8.18. The molecule has 0 spiro atoms. The van der Waals surface area contributed by atoms with Crippen molar-refractivity contribution in [3.63, 3.8) is 0 Å². The lowest BCUT2D eigenvalue weighted by molar-refractivity contribution is -0.147. The largest absolute Gasteiger partial charge is 0.481 e. The predicted molar refractivity (Wildman–Crippen MR) is 125 cm³/mol. The van der Waals surface area contributed by atoms with Gasteiger partial charge in [0.1, 0.15) is 5.78 Å². The van der Waals surface area contributed by atoms with Gasteiger partial charge in [-0.2, -0.15) is 0 Å². The van der Waals surface area contributed by atoms with Gasteiger partial charge in [-0.05, 0) is 88.2 Å². The molecule has 4 rings (SSSR count). The number of nitrogens with zero attached hydrogens (tertiary/aromatic N) is 1. The highest BCUT2D eigenvalue weighted by atomic mass is 16.5. The summed E-state index contributed by atoms with van der Waals surface area (Å²) in [7, 11) is 0. The van der Waals surface area contributed by atoms with Crippen LogP contribution in [0, 0.1) is 17.3 Å². The molecule has 1 aromatic rings. The molecule has 6 heteroatoms. The van der Waals surface area contributed by atoms with Crippen molar-refractivity contribution in [1.29, 1.82) is 0 Å². The number of ether oxygens (including phenoxy) is 2. The van der Waals surface area contributed by atoms with Crippen LogP contribution in [0.5, 0.6) is 0 Å². The topological polar surface area (TPSA) is 85.7 Å². The van der Waals surface area contributed by atoms with Crippen molar-refractivity contribution in [3.8, 4) is 0 Å². The molecule has 1 saturated heterocycles. The summed E-state index contributed by atoms with van der Waals surface area (Å²) >= 11 is 0. The second-order valence-electron chi connectivity index (χ2n) is 10.6. The van der Waals surface area contributed by atoms with Crippen molar-refractivity contribution in [3.05, 3.63) is 29.1 Å². The molecule has 0 aromatic carbocycles. The zero-order valence-corrected chi connectivity index (χ0v) is 20.0. The SMILES string of the molecule is CC1(C(=O)CC(CCOC2CC(CCc3ccc4c(n3)CCCC4)C2)C(=O)O)CCOCC1. The van der Waals surface area contributed by atoms with Gasteiger partial charge in [0.15, 0.2) is 0 Å². The fraction of sp³-hybridized carbons (Fsp3) is 0.741. The molecule has 6 nitrogen and oxygen atoms in total. The molecule has 2 heterocycles. The van der Waals surface area contributed by atoms with E-state index in [2.05, 4.69) is 12.1 Å². The second kappa shape index (κ2) is 11.1. The van der Waals surface area contributed by atoms with E-state index in [1.807, 2.05) is 6.92 Å². The summed E-state index contributed by atoms with van der Waals surface area (Å²) in [6.07, 6.45) is 11.2. The quantitative estimate of drug-likeness (QED) is 0.524. The number of aromatic nitrogens is 1. The lowest BCUT2D eigenvalue weighted by Crippen LogP contribution is -2.37. The van der Waals surface area contributed by atoms with Crippen LogP contribution in [0.4, 0.5) is 0 Å². The molecule has 3 aliphatic rings. The maximum absolute atomic E-state index is 12.7. The van der Waals surface area contributed by atoms with Crippen LogP contribution in [0.2, 0.25) is 0 Å². The van der Waals surface area contributed by atoms with Crippen molar-refractivity contribution in [2.45, 2.75) is 90.1 Å². The van der Waals surface area contributed by atoms with Crippen LogP contribution < -0.4 is 0 Å². The predicted octanol–water partition coefficient (Wildman–Crippen LogP) is 4.56. The molecule has 1 aromatic heterocycles. The number of carbonyl (C=O) groups excluding carboxylic acids is 1. The smallest absolute Gasteiger partial charge is 0.307 e. The molecule has 1 unspecified atom stereocenters. The Morgan fingerprint density at radius 1 is 1.21 bits per heavy atom. The van der Waals surface area contributed by atoms with Crippen LogP contribution in [0.25, 0.3) is 0 Å². The fourth-order valence-corrected chi connectivity index (χ4v) is 5.43. The van der Waals surface area contributed by atoms with Gasteiger partial charge in [0.25, 0.3) is 0 Å². The van der Waals surface area contributed by atoms with Gasteiger partial charge in [0.05, 0.1) is 12.0 Å². The number of carboxylic acid groups (broad SMARTS) is 1. The van der Waals surface area contributed by atoms with E-state index < -0.39 is 17.3 Å². The molecule has 1 saturated carbocycles. The number of aliphatic carboxylic acids is 1. The van der Waals surface area contributed by atoms with Crippen LogP contribution in [0.15, 0.2) is 12.1 Å². The number of carbonyl (C=O) groups is 2. The minimum absolute atomic E-state index is 0.0534. The van der Waals surface area contributed by atoms with Crippen LogP contribution in [0.1, 0.15) is 81.7 Å². The molecule has 182 valence electrons. The van der Waals surface area contributed by atoms with Crippen LogP contribution in [-0.2, 0) is 38.3 Å². The third-order valence-electron chi connectivity index (χ3n) is 8.11. The van der Waals surface area contributed by atoms with Crippen LogP contribution in [-0.4, -0.2) is 47.8 Å². The van der Waals surface area contributed by atoms with E-state index in [1.165, 1.54) is 36.2 Å². The lowest BCUT2D eigenvalue weighted by Gasteiger charge is -2.35. The minimum Gasteiger partial charge on any atom is -0.481 e. The number of ketones is 1. The van der Waals surface area contributed by atoms with E-state index in [1.54, 1.807) is 0 Å². The van der Waals surface area contributed by atoms with Gasteiger partial charge in [-0.15, -0.1) is 0 Å². The van der Waals surface area contributed by atoms with Gasteiger partial charge < -0.3 is 14.6 Å². The Hall–Kier alpha value is -1.79. The van der Waals surface area contributed by atoms with E-state index in [9.17, 15) is 14.7 Å². The highest BCUT2D eigenvalue weighted by molar-refractivity contribution is 5.88. The summed E-state index contributed by atoms with van der Waals surface area (Å²) in [6, 6.07) is 4.47. The summed E-state index contributed by atoms with van der Waals surface area (Å²) in [5.74, 6) is -0.842. The summed E-state index contributed by atoms with van der Waals surface area (Å²) in [5, 5.41) is 9.60. The third kappa shape index (κ3) is 6.42. The van der Waals surface area contributed by atoms with Crippen molar-refractivity contribution in [2.75, 3.05) is 19.8 Å². The van der Waals surface area contributed by atoms with E-state index in [0.29, 0.717) is 45.0 Å². The first-order chi connectivity index (χ1) is 15.9. The molecule has 0 radical (unpaired) electrons. The molecule has 0 amide bonds. The maximum Gasteiger partial charge on any atom is 0.307 e. The number of pyridine rings is 1. The van der Waals surface area contributed by atoms with E-state index in [0.717, 1.165) is 32.1 Å². The Labute approximate surface area is 197 Å². The van der Waals surface area contributed by atoms with E-state index >= 15 is 0 Å². The number of Topliss-reactive ketones (excluding diaryl/α,β-unsaturated/α-hetero) is 1. The van der Waals surface area contributed by atoms with Crippen molar-refractivity contribution < 1.29 is 24.2 Å². The monoisotopic (exact) mass is 457 g/mol. The van der Waals surface area contributed by atoms with Gasteiger partial charge in [-0.25, -0.2) is 0 Å². The van der Waals surface area contributed by atoms with Crippen molar-refractivity contribution in [2.24, 2.45) is 17.3 Å². The number of fused-ring (bicyclic) bond motifs is 1. The van der Waals surface area contributed by atoms with Gasteiger partial charge in [-0.3, -0.25) is 14.6 Å². The number of aryl methyl sites for hydroxylation is 3. The molecule has 1 atom stereocenters. The molecule has 1 N–H and O–H groups in total. The summed E-state index contributed by atoms with van der Waals surface area (Å²) in [4.78, 5) is 29.3. The highest BCUT2D eigenvalue weighted by Gasteiger charge is 2.37. The summed E-state index contributed by atoms with van der Waals surface area (Å²) < 4.78 is 11.3. The minimum atomic E-state index is -0.897. The molecular formula is C27H39NO5. The van der Waals surface area contributed by atoms with Crippen LogP contribution in [0.3, 0.4) is 0 Å². The average molecular weight is 458 g/mol. The molecule has 1 aliphatic heterocycles. The normalized spacial score (nSPS) is 25.0. The Bertz CT molecular complexity index is 826. The van der Waals surface area contributed by atoms with Gasteiger partial charge >= 0.3 is 5.97 Å². The second-order valence-corrected chi connectivity index (χ2v) is 10.6. The zero-order valence-electron chi connectivity index (χ0n) is 20.0. The maximum atomic E-state index is 12.7. The summed E-state index contributed by atoms with van der Waals surface area (Å²) in [6.45, 7) is 3.51. The fourth-order valence-electron chi connectivity index (χ4n) is 5.43. The number of carboxylic acids is 1.